The molecular formula is C33H25N3O5S2. The molecule has 0 aliphatic carbocycles. The zero-order chi connectivity index (χ0) is 29.9. The van der Waals surface area contributed by atoms with Crippen molar-refractivity contribution in [1.82, 2.24) is 4.57 Å². The summed E-state index contributed by atoms with van der Waals surface area (Å²) in [6.07, 6.45) is 1.81. The molecule has 5 aromatic rings. The molecule has 1 aliphatic heterocycles. The number of aromatic nitrogens is 1. The number of carboxylic acids is 1. The van der Waals surface area contributed by atoms with Crippen LogP contribution < -0.4 is 24.9 Å². The number of nitrogens with one attached hydrogen (secondary N) is 1. The summed E-state index contributed by atoms with van der Waals surface area (Å²) in [5, 5.41) is 13.9. The second kappa shape index (κ2) is 12.0. The summed E-state index contributed by atoms with van der Waals surface area (Å²) in [5.74, 6) is -0.626. The molecule has 2 N–H and O–H groups in total. The first-order valence-corrected chi connectivity index (χ1v) is 15.0. The summed E-state index contributed by atoms with van der Waals surface area (Å²) in [6, 6.07) is 26.4. The smallest absolute Gasteiger partial charge is 0.335 e. The number of aromatic carboxylic acids is 1. The van der Waals surface area contributed by atoms with Gasteiger partial charge in [0.25, 0.3) is 11.5 Å². The van der Waals surface area contributed by atoms with Crippen LogP contribution in [0.1, 0.15) is 39.3 Å². The zero-order valence-corrected chi connectivity index (χ0v) is 24.5. The van der Waals surface area contributed by atoms with Gasteiger partial charge >= 0.3 is 5.97 Å². The average molecular weight is 608 g/mol. The van der Waals surface area contributed by atoms with Crippen LogP contribution in [0.25, 0.3) is 6.08 Å². The normalized spacial score (nSPS) is 14.6. The van der Waals surface area contributed by atoms with Crippen LogP contribution in [0.2, 0.25) is 0 Å². The van der Waals surface area contributed by atoms with Gasteiger partial charge in [-0.25, -0.2) is 9.79 Å². The Bertz CT molecular complexity index is 2010. The maximum Gasteiger partial charge on any atom is 0.335 e. The summed E-state index contributed by atoms with van der Waals surface area (Å²) in [7, 11) is 0. The van der Waals surface area contributed by atoms with E-state index < -0.39 is 12.0 Å². The summed E-state index contributed by atoms with van der Waals surface area (Å²) in [5.41, 5.74) is 3.34. The van der Waals surface area contributed by atoms with E-state index in [0.717, 1.165) is 16.0 Å². The molecule has 0 unspecified atom stereocenters. The molecular weight excluding hydrogens is 583 g/mol. The van der Waals surface area contributed by atoms with Crippen molar-refractivity contribution >= 4 is 46.3 Å². The van der Waals surface area contributed by atoms with Crippen molar-refractivity contribution in [3.8, 4) is 5.75 Å². The number of carbonyl (C=O) groups is 2. The van der Waals surface area contributed by atoms with Crippen LogP contribution in [0.4, 0.5) is 5.69 Å². The first-order chi connectivity index (χ1) is 20.9. The number of carboxylic acid groups (broad SMARTS) is 1. The van der Waals surface area contributed by atoms with Gasteiger partial charge in [-0.15, -0.1) is 11.3 Å². The van der Waals surface area contributed by atoms with Gasteiger partial charge in [0.15, 0.2) is 4.80 Å². The van der Waals surface area contributed by atoms with Gasteiger partial charge < -0.3 is 15.2 Å². The van der Waals surface area contributed by atoms with Gasteiger partial charge in [0.05, 0.1) is 21.4 Å². The second-order valence-corrected chi connectivity index (χ2v) is 11.8. The quantitative estimate of drug-likeness (QED) is 0.252. The highest BCUT2D eigenvalue weighted by Crippen LogP contribution is 2.33. The van der Waals surface area contributed by atoms with Gasteiger partial charge in [0.2, 0.25) is 0 Å². The molecule has 0 fully saturated rings. The van der Waals surface area contributed by atoms with E-state index in [4.69, 9.17) is 9.84 Å². The molecule has 2 aromatic heterocycles. The van der Waals surface area contributed by atoms with Crippen LogP contribution in [-0.2, 0) is 11.4 Å². The molecule has 0 radical (unpaired) electrons. The maximum atomic E-state index is 13.8. The molecule has 214 valence electrons. The number of rotatable bonds is 8. The Kier molecular flexibility index (Phi) is 7.86. The molecule has 6 rings (SSSR count). The predicted molar refractivity (Wildman–Crippen MR) is 167 cm³/mol. The van der Waals surface area contributed by atoms with Crippen molar-refractivity contribution in [3.05, 3.63) is 149 Å². The standard InChI is InChI=1S/C33H25N3O5S2/c1-20-28(30(37)35-24-6-3-2-4-7-24)29(26-8-5-17-42-26)36-31(38)27(43-33(36)34-20)18-21-11-15-25(16-12-21)41-19-22-9-13-23(14-10-22)32(39)40/h2-18,29H,19H2,1H3,(H,35,37)(H,39,40)/b27-18+/t29-/m1/s1. The molecule has 1 amide bonds. The molecule has 43 heavy (non-hydrogen) atoms. The Morgan fingerprint density at radius 1 is 1.00 bits per heavy atom. The fourth-order valence-electron chi connectivity index (χ4n) is 4.77. The highest BCUT2D eigenvalue weighted by atomic mass is 32.1. The van der Waals surface area contributed by atoms with E-state index in [0.29, 0.717) is 38.6 Å². The number of para-hydroxylation sites is 1. The Hall–Kier alpha value is -5.06. The number of thiazole rings is 1. The summed E-state index contributed by atoms with van der Waals surface area (Å²) in [4.78, 5) is 44.5. The SMILES string of the molecule is CC1=C(C(=O)Nc2ccccc2)[C@@H](c2cccs2)n2c(s/c(=C/c3ccc(OCc4ccc(C(=O)O)cc4)cc3)c2=O)=N1. The Labute approximate surface area is 254 Å². The van der Waals surface area contributed by atoms with Crippen molar-refractivity contribution < 1.29 is 19.4 Å². The maximum absolute atomic E-state index is 13.8. The van der Waals surface area contributed by atoms with E-state index in [1.54, 1.807) is 35.8 Å². The second-order valence-electron chi connectivity index (χ2n) is 9.78. The number of allylic oxidation sites excluding steroid dienone is 1. The molecule has 8 nitrogen and oxygen atoms in total. The molecule has 10 heteroatoms. The van der Waals surface area contributed by atoms with Crippen LogP contribution in [0.5, 0.6) is 5.75 Å². The van der Waals surface area contributed by atoms with Crippen LogP contribution in [-0.4, -0.2) is 21.6 Å². The number of ether oxygens (including phenoxy) is 1. The molecule has 1 atom stereocenters. The fraction of sp³-hybridized carbons (Fsp3) is 0.0909. The lowest BCUT2D eigenvalue weighted by Crippen LogP contribution is -2.40. The molecule has 3 aromatic carbocycles. The third-order valence-corrected chi connectivity index (χ3v) is 8.80. The lowest BCUT2D eigenvalue weighted by atomic mass is 10.0. The molecule has 0 saturated carbocycles. The third-order valence-electron chi connectivity index (χ3n) is 6.89. The predicted octanol–water partition coefficient (Wildman–Crippen LogP) is 5.21. The topological polar surface area (TPSA) is 110 Å². The largest absolute Gasteiger partial charge is 0.489 e. The first kappa shape index (κ1) is 28.1. The Balaban J connectivity index is 1.27. The minimum Gasteiger partial charge on any atom is -0.489 e. The van der Waals surface area contributed by atoms with Crippen LogP contribution >= 0.6 is 22.7 Å². The van der Waals surface area contributed by atoms with Crippen molar-refractivity contribution in [2.45, 2.75) is 19.6 Å². The van der Waals surface area contributed by atoms with Gasteiger partial charge in [-0.2, -0.15) is 0 Å². The molecule has 1 aliphatic rings. The van der Waals surface area contributed by atoms with Crippen LogP contribution in [0.3, 0.4) is 0 Å². The number of carbonyl (C=O) groups excluding carboxylic acids is 1. The highest BCUT2D eigenvalue weighted by molar-refractivity contribution is 7.10. The van der Waals surface area contributed by atoms with Gasteiger partial charge in [-0.1, -0.05) is 59.9 Å². The number of anilines is 1. The van der Waals surface area contributed by atoms with Crippen LogP contribution in [0, 0.1) is 0 Å². The number of amides is 1. The van der Waals surface area contributed by atoms with Crippen molar-refractivity contribution in [2.75, 3.05) is 5.32 Å². The zero-order valence-electron chi connectivity index (χ0n) is 22.9. The molecule has 0 saturated heterocycles. The lowest BCUT2D eigenvalue weighted by molar-refractivity contribution is -0.113. The summed E-state index contributed by atoms with van der Waals surface area (Å²) < 4.78 is 7.97. The number of thiophene rings is 1. The Morgan fingerprint density at radius 3 is 2.42 bits per heavy atom. The van der Waals surface area contributed by atoms with E-state index >= 15 is 0 Å². The van der Waals surface area contributed by atoms with Gasteiger partial charge in [-0.3, -0.25) is 14.2 Å². The highest BCUT2D eigenvalue weighted by Gasteiger charge is 2.33. The fourth-order valence-corrected chi connectivity index (χ4v) is 6.64. The average Bonchev–Trinajstić information content (AvgIpc) is 3.65. The molecule has 3 heterocycles. The van der Waals surface area contributed by atoms with Crippen molar-refractivity contribution in [3.63, 3.8) is 0 Å². The number of hydrogen-bond donors (Lipinski definition) is 2. The van der Waals surface area contributed by atoms with E-state index in [9.17, 15) is 14.4 Å². The van der Waals surface area contributed by atoms with Crippen LogP contribution in [0.15, 0.2) is 117 Å². The molecule has 0 bridgehead atoms. The van der Waals surface area contributed by atoms with Crippen molar-refractivity contribution in [2.24, 2.45) is 4.99 Å². The third kappa shape index (κ3) is 5.97. The minimum atomic E-state index is -0.971. The minimum absolute atomic E-state index is 0.218. The number of nitrogens with zero attached hydrogens (tertiary/aromatic N) is 2. The Morgan fingerprint density at radius 2 is 1.74 bits per heavy atom. The summed E-state index contributed by atoms with van der Waals surface area (Å²) >= 11 is 2.78. The number of fused-ring (bicyclic) bond motifs is 1. The van der Waals surface area contributed by atoms with Gasteiger partial charge in [0.1, 0.15) is 18.4 Å². The number of hydrogen-bond acceptors (Lipinski definition) is 7. The van der Waals surface area contributed by atoms with Crippen molar-refractivity contribution in [1.29, 1.82) is 0 Å². The first-order valence-electron chi connectivity index (χ1n) is 13.3. The number of benzene rings is 3. The van der Waals surface area contributed by atoms with E-state index in [1.807, 2.05) is 78.2 Å². The monoisotopic (exact) mass is 607 g/mol. The van der Waals surface area contributed by atoms with E-state index in [1.165, 1.54) is 22.7 Å². The molecule has 0 spiro atoms. The van der Waals surface area contributed by atoms with E-state index in [-0.39, 0.29) is 17.0 Å². The van der Waals surface area contributed by atoms with Gasteiger partial charge in [0, 0.05) is 10.6 Å². The lowest BCUT2D eigenvalue weighted by Gasteiger charge is -2.24. The summed E-state index contributed by atoms with van der Waals surface area (Å²) in [6.45, 7) is 2.09. The van der Waals surface area contributed by atoms with E-state index in [2.05, 4.69) is 10.3 Å². The van der Waals surface area contributed by atoms with Gasteiger partial charge in [-0.05, 0) is 72.0 Å².